The number of ether oxygens (including phenoxy) is 3. The van der Waals surface area contributed by atoms with Crippen LogP contribution in [-0.2, 0) is 9.47 Å². The number of hydrogen-bond acceptors (Lipinski definition) is 8. The normalized spacial score (nSPS) is 10.6. The molecule has 0 saturated carbocycles. The number of fused-ring (bicyclic) bond motifs is 1. The predicted molar refractivity (Wildman–Crippen MR) is 96.0 cm³/mol. The number of carbonyl (C=O) groups is 2. The Morgan fingerprint density at radius 2 is 2.00 bits per heavy atom. The summed E-state index contributed by atoms with van der Waals surface area (Å²) < 4.78 is 15.7. The maximum atomic E-state index is 12.1. The Hall–Kier alpha value is -3.00. The highest BCUT2D eigenvalue weighted by Crippen LogP contribution is 2.36. The zero-order chi connectivity index (χ0) is 18.7. The fourth-order valence-corrected chi connectivity index (χ4v) is 3.46. The zero-order valence-corrected chi connectivity index (χ0v) is 15.3. The number of thiophene rings is 1. The van der Waals surface area contributed by atoms with Crippen LogP contribution >= 0.6 is 11.3 Å². The van der Waals surface area contributed by atoms with Crippen molar-refractivity contribution >= 4 is 33.5 Å². The van der Waals surface area contributed by atoms with E-state index in [0.29, 0.717) is 44.5 Å². The molecule has 0 atom stereocenters. The van der Waals surface area contributed by atoms with Crippen molar-refractivity contribution in [2.75, 3.05) is 13.7 Å². The Balaban J connectivity index is 2.01. The Labute approximate surface area is 153 Å². The monoisotopic (exact) mass is 372 g/mol. The van der Waals surface area contributed by atoms with Crippen LogP contribution in [0.2, 0.25) is 0 Å². The van der Waals surface area contributed by atoms with Crippen LogP contribution in [0.5, 0.6) is 11.6 Å². The molecule has 0 N–H and O–H groups in total. The smallest absolute Gasteiger partial charge is 0.348 e. The Morgan fingerprint density at radius 3 is 2.73 bits per heavy atom. The van der Waals surface area contributed by atoms with Gasteiger partial charge in [-0.15, -0.1) is 11.3 Å². The molecule has 3 aromatic rings. The van der Waals surface area contributed by atoms with Gasteiger partial charge >= 0.3 is 11.9 Å². The summed E-state index contributed by atoms with van der Waals surface area (Å²) in [5.41, 5.74) is 1.06. The first-order chi connectivity index (χ1) is 12.5. The van der Waals surface area contributed by atoms with Crippen LogP contribution in [0.15, 0.2) is 30.6 Å². The molecule has 7 nitrogen and oxygen atoms in total. The molecule has 3 rings (SSSR count). The summed E-state index contributed by atoms with van der Waals surface area (Å²) in [7, 11) is 1.31. The molecule has 0 unspecified atom stereocenters. The second-order valence-electron chi connectivity index (χ2n) is 5.26. The van der Waals surface area contributed by atoms with E-state index in [1.807, 2.05) is 0 Å². The van der Waals surface area contributed by atoms with E-state index < -0.39 is 11.9 Å². The highest BCUT2D eigenvalue weighted by Gasteiger charge is 2.21. The lowest BCUT2D eigenvalue weighted by molar-refractivity contribution is 0.0530. The standard InChI is InChI=1S/C18H16N2O5S/c1-4-24-18(22)14-10(2)13-15(19-9-20-16(13)26-14)25-12-7-5-6-11(8-12)17(21)23-3/h5-9H,4H2,1-3H3. The number of nitrogens with zero attached hydrogens (tertiary/aromatic N) is 2. The molecule has 2 aromatic heterocycles. The summed E-state index contributed by atoms with van der Waals surface area (Å²) in [4.78, 5) is 33.3. The Bertz CT molecular complexity index is 983. The molecule has 26 heavy (non-hydrogen) atoms. The van der Waals surface area contributed by atoms with Crippen LogP contribution in [0.4, 0.5) is 0 Å². The zero-order valence-electron chi connectivity index (χ0n) is 14.4. The van der Waals surface area contributed by atoms with Gasteiger partial charge in [0.2, 0.25) is 5.88 Å². The van der Waals surface area contributed by atoms with Crippen molar-refractivity contribution in [2.24, 2.45) is 0 Å². The second kappa shape index (κ2) is 7.49. The van der Waals surface area contributed by atoms with Crippen LogP contribution < -0.4 is 4.74 Å². The number of carbonyl (C=O) groups excluding carboxylic acids is 2. The van der Waals surface area contributed by atoms with Gasteiger partial charge in [0, 0.05) is 0 Å². The van der Waals surface area contributed by atoms with Gasteiger partial charge in [-0.3, -0.25) is 0 Å². The fourth-order valence-electron chi connectivity index (χ4n) is 2.42. The predicted octanol–water partition coefficient (Wildman–Crippen LogP) is 3.76. The van der Waals surface area contributed by atoms with Crippen molar-refractivity contribution in [3.63, 3.8) is 0 Å². The molecular formula is C18H16N2O5S. The first-order valence-electron chi connectivity index (χ1n) is 7.82. The molecule has 0 radical (unpaired) electrons. The maximum absolute atomic E-state index is 12.1. The molecule has 1 aromatic carbocycles. The van der Waals surface area contributed by atoms with E-state index in [0.717, 1.165) is 0 Å². The van der Waals surface area contributed by atoms with Gasteiger partial charge in [-0.1, -0.05) is 6.07 Å². The summed E-state index contributed by atoms with van der Waals surface area (Å²) >= 11 is 1.23. The van der Waals surface area contributed by atoms with E-state index in [-0.39, 0.29) is 0 Å². The lowest BCUT2D eigenvalue weighted by atomic mass is 10.2. The van der Waals surface area contributed by atoms with Gasteiger partial charge in [-0.05, 0) is 37.6 Å². The lowest BCUT2D eigenvalue weighted by Gasteiger charge is -2.07. The van der Waals surface area contributed by atoms with Crippen LogP contribution in [0.25, 0.3) is 10.2 Å². The number of methoxy groups -OCH3 is 1. The van der Waals surface area contributed by atoms with Gasteiger partial charge in [0.05, 0.1) is 24.7 Å². The van der Waals surface area contributed by atoms with Crippen LogP contribution in [0, 0.1) is 6.92 Å². The van der Waals surface area contributed by atoms with E-state index in [2.05, 4.69) is 9.97 Å². The molecule has 0 aliphatic heterocycles. The van der Waals surface area contributed by atoms with E-state index >= 15 is 0 Å². The third kappa shape index (κ3) is 3.36. The molecule has 0 fully saturated rings. The maximum Gasteiger partial charge on any atom is 0.348 e. The average Bonchev–Trinajstić information content (AvgIpc) is 2.99. The molecule has 0 saturated heterocycles. The number of aryl methyl sites for hydroxylation is 1. The summed E-state index contributed by atoms with van der Waals surface area (Å²) in [6.07, 6.45) is 1.37. The van der Waals surface area contributed by atoms with Crippen LogP contribution in [0.3, 0.4) is 0 Å². The van der Waals surface area contributed by atoms with E-state index in [9.17, 15) is 9.59 Å². The number of hydrogen-bond donors (Lipinski definition) is 0. The van der Waals surface area contributed by atoms with Crippen LogP contribution in [0.1, 0.15) is 32.5 Å². The molecular weight excluding hydrogens is 356 g/mol. The van der Waals surface area contributed by atoms with E-state index in [1.54, 1.807) is 38.1 Å². The van der Waals surface area contributed by atoms with Crippen molar-refractivity contribution in [1.82, 2.24) is 9.97 Å². The number of esters is 2. The molecule has 0 spiro atoms. The third-order valence-electron chi connectivity index (χ3n) is 3.62. The topological polar surface area (TPSA) is 87.6 Å². The Kier molecular flexibility index (Phi) is 5.13. The summed E-state index contributed by atoms with van der Waals surface area (Å²) in [5, 5.41) is 0.643. The van der Waals surface area contributed by atoms with Gasteiger partial charge in [-0.25, -0.2) is 19.6 Å². The SMILES string of the molecule is CCOC(=O)c1sc2ncnc(Oc3cccc(C(=O)OC)c3)c2c1C. The molecule has 134 valence electrons. The molecule has 2 heterocycles. The van der Waals surface area contributed by atoms with Gasteiger partial charge in [0.25, 0.3) is 0 Å². The summed E-state index contributed by atoms with van der Waals surface area (Å²) in [6, 6.07) is 6.58. The second-order valence-corrected chi connectivity index (χ2v) is 6.26. The highest BCUT2D eigenvalue weighted by molar-refractivity contribution is 7.20. The van der Waals surface area contributed by atoms with Crippen molar-refractivity contribution in [3.05, 3.63) is 46.6 Å². The van der Waals surface area contributed by atoms with Crippen molar-refractivity contribution in [1.29, 1.82) is 0 Å². The Morgan fingerprint density at radius 1 is 1.19 bits per heavy atom. The van der Waals surface area contributed by atoms with Crippen molar-refractivity contribution < 1.29 is 23.8 Å². The molecule has 0 bridgehead atoms. The minimum Gasteiger partial charge on any atom is -0.465 e. The van der Waals surface area contributed by atoms with Crippen LogP contribution in [-0.4, -0.2) is 35.6 Å². The quantitative estimate of drug-likeness (QED) is 0.630. The van der Waals surface area contributed by atoms with Gasteiger partial charge in [0.15, 0.2) is 0 Å². The largest absolute Gasteiger partial charge is 0.465 e. The lowest BCUT2D eigenvalue weighted by Crippen LogP contribution is -2.03. The number of rotatable bonds is 5. The minimum atomic E-state index is -0.459. The van der Waals surface area contributed by atoms with Gasteiger partial charge in [-0.2, -0.15) is 0 Å². The van der Waals surface area contributed by atoms with Crippen molar-refractivity contribution in [3.8, 4) is 11.6 Å². The van der Waals surface area contributed by atoms with Crippen molar-refractivity contribution in [2.45, 2.75) is 13.8 Å². The van der Waals surface area contributed by atoms with Gasteiger partial charge < -0.3 is 14.2 Å². The molecule has 0 aliphatic carbocycles. The number of benzene rings is 1. The minimum absolute atomic E-state index is 0.294. The average molecular weight is 372 g/mol. The summed E-state index contributed by atoms with van der Waals surface area (Å²) in [5.74, 6) is -0.122. The first-order valence-corrected chi connectivity index (χ1v) is 8.64. The third-order valence-corrected chi connectivity index (χ3v) is 4.80. The number of aromatic nitrogens is 2. The van der Waals surface area contributed by atoms with E-state index in [1.165, 1.54) is 24.8 Å². The molecule has 0 aliphatic rings. The first kappa shape index (κ1) is 17.8. The molecule has 0 amide bonds. The van der Waals surface area contributed by atoms with Gasteiger partial charge in [0.1, 0.15) is 21.8 Å². The highest BCUT2D eigenvalue weighted by atomic mass is 32.1. The molecule has 8 heteroatoms. The summed E-state index contributed by atoms with van der Waals surface area (Å²) in [6.45, 7) is 3.84. The fraction of sp³-hybridized carbons (Fsp3) is 0.222. The van der Waals surface area contributed by atoms with E-state index in [4.69, 9.17) is 14.2 Å².